The lowest BCUT2D eigenvalue weighted by Gasteiger charge is -2.35. The molecule has 0 saturated carbocycles. The summed E-state index contributed by atoms with van der Waals surface area (Å²) in [5.41, 5.74) is 6.06. The molecule has 2 amide bonds. The molecule has 0 unspecified atom stereocenters. The molecule has 2 aromatic rings. The van der Waals surface area contributed by atoms with Gasteiger partial charge in [0.2, 0.25) is 0 Å². The maximum absolute atomic E-state index is 12.4. The summed E-state index contributed by atoms with van der Waals surface area (Å²) in [6.07, 6.45) is 2.95. The summed E-state index contributed by atoms with van der Waals surface area (Å²) >= 11 is 0. The average molecular weight is 311 g/mol. The lowest BCUT2D eigenvalue weighted by atomic mass is 10.2. The van der Waals surface area contributed by atoms with E-state index in [0.717, 1.165) is 0 Å². The van der Waals surface area contributed by atoms with Gasteiger partial charge in [0.15, 0.2) is 0 Å². The second-order valence-corrected chi connectivity index (χ2v) is 5.27. The molecule has 3 rings (SSSR count). The van der Waals surface area contributed by atoms with Crippen molar-refractivity contribution in [2.45, 2.75) is 0 Å². The number of hydrogen-bond donors (Lipinski definition) is 1. The van der Waals surface area contributed by atoms with Crippen molar-refractivity contribution in [3.63, 3.8) is 0 Å². The largest absolute Gasteiger partial charge is 0.364 e. The number of nitrogens with zero attached hydrogens (tertiary/aromatic N) is 4. The molecule has 1 aromatic heterocycles. The van der Waals surface area contributed by atoms with Crippen molar-refractivity contribution in [2.24, 2.45) is 5.73 Å². The molecule has 1 fully saturated rings. The molecule has 1 aliphatic rings. The van der Waals surface area contributed by atoms with E-state index in [1.165, 1.54) is 6.20 Å². The molecule has 2 heterocycles. The highest BCUT2D eigenvalue weighted by Crippen LogP contribution is 2.14. The highest BCUT2D eigenvalue weighted by atomic mass is 16.2. The predicted molar refractivity (Wildman–Crippen MR) is 85.1 cm³/mol. The van der Waals surface area contributed by atoms with Crippen LogP contribution in [0.4, 0.5) is 5.82 Å². The molecule has 23 heavy (non-hydrogen) atoms. The van der Waals surface area contributed by atoms with Gasteiger partial charge in [-0.25, -0.2) is 4.98 Å². The van der Waals surface area contributed by atoms with Gasteiger partial charge >= 0.3 is 0 Å². The van der Waals surface area contributed by atoms with Gasteiger partial charge in [-0.2, -0.15) is 0 Å². The van der Waals surface area contributed by atoms with Gasteiger partial charge in [-0.3, -0.25) is 14.6 Å². The summed E-state index contributed by atoms with van der Waals surface area (Å²) < 4.78 is 0. The first-order chi connectivity index (χ1) is 11.1. The van der Waals surface area contributed by atoms with E-state index < -0.39 is 5.91 Å². The number of amides is 2. The Bertz CT molecular complexity index is 711. The van der Waals surface area contributed by atoms with Crippen LogP contribution in [0.25, 0.3) is 0 Å². The summed E-state index contributed by atoms with van der Waals surface area (Å²) in [7, 11) is 0. The van der Waals surface area contributed by atoms with Crippen molar-refractivity contribution < 1.29 is 9.59 Å². The summed E-state index contributed by atoms with van der Waals surface area (Å²) in [5, 5.41) is 0. The lowest BCUT2D eigenvalue weighted by molar-refractivity contribution is 0.0746. The Morgan fingerprint density at radius 1 is 1.00 bits per heavy atom. The molecule has 0 bridgehead atoms. The van der Waals surface area contributed by atoms with Gasteiger partial charge in [-0.15, -0.1) is 0 Å². The summed E-state index contributed by atoms with van der Waals surface area (Å²) in [4.78, 5) is 35.6. The van der Waals surface area contributed by atoms with Crippen molar-refractivity contribution >= 4 is 17.6 Å². The fraction of sp³-hybridized carbons (Fsp3) is 0.250. The van der Waals surface area contributed by atoms with E-state index in [9.17, 15) is 9.59 Å². The molecule has 118 valence electrons. The van der Waals surface area contributed by atoms with Crippen molar-refractivity contribution in [3.8, 4) is 0 Å². The minimum atomic E-state index is -0.600. The Kier molecular flexibility index (Phi) is 4.18. The zero-order valence-electron chi connectivity index (χ0n) is 12.6. The molecule has 0 atom stereocenters. The van der Waals surface area contributed by atoms with E-state index in [1.807, 2.05) is 40.1 Å². The third-order valence-electron chi connectivity index (χ3n) is 3.79. The van der Waals surface area contributed by atoms with Crippen LogP contribution in [0.5, 0.6) is 0 Å². The summed E-state index contributed by atoms with van der Waals surface area (Å²) in [6, 6.07) is 9.23. The van der Waals surface area contributed by atoms with Crippen LogP contribution in [0.3, 0.4) is 0 Å². The van der Waals surface area contributed by atoms with Gasteiger partial charge in [0.25, 0.3) is 11.8 Å². The molecule has 1 saturated heterocycles. The normalized spacial score (nSPS) is 14.6. The number of primary amides is 1. The zero-order chi connectivity index (χ0) is 16.2. The second kappa shape index (κ2) is 6.43. The number of piperazine rings is 1. The molecule has 0 aliphatic carbocycles. The quantitative estimate of drug-likeness (QED) is 0.893. The Labute approximate surface area is 133 Å². The van der Waals surface area contributed by atoms with E-state index in [1.54, 1.807) is 6.20 Å². The topological polar surface area (TPSA) is 92.4 Å². The van der Waals surface area contributed by atoms with Crippen LogP contribution in [-0.4, -0.2) is 52.9 Å². The number of benzene rings is 1. The molecular weight excluding hydrogens is 294 g/mol. The Morgan fingerprint density at radius 3 is 2.35 bits per heavy atom. The second-order valence-electron chi connectivity index (χ2n) is 5.27. The third-order valence-corrected chi connectivity index (χ3v) is 3.79. The van der Waals surface area contributed by atoms with Crippen LogP contribution in [0.2, 0.25) is 0 Å². The van der Waals surface area contributed by atoms with Crippen LogP contribution in [0.1, 0.15) is 20.8 Å². The van der Waals surface area contributed by atoms with Crippen molar-refractivity contribution in [1.82, 2.24) is 14.9 Å². The van der Waals surface area contributed by atoms with Crippen LogP contribution in [0.15, 0.2) is 42.7 Å². The monoisotopic (exact) mass is 311 g/mol. The van der Waals surface area contributed by atoms with Crippen molar-refractivity contribution in [3.05, 3.63) is 54.0 Å². The van der Waals surface area contributed by atoms with Crippen molar-refractivity contribution in [2.75, 3.05) is 31.1 Å². The SMILES string of the molecule is NC(=O)c1cncc(N2CCN(C(=O)c3ccccc3)CC2)n1. The first-order valence-electron chi connectivity index (χ1n) is 7.36. The Hall–Kier alpha value is -2.96. The van der Waals surface area contributed by atoms with Crippen molar-refractivity contribution in [1.29, 1.82) is 0 Å². The third kappa shape index (κ3) is 3.28. The standard InChI is InChI=1S/C16H17N5O2/c17-15(22)13-10-18-11-14(19-13)20-6-8-21(9-7-20)16(23)12-4-2-1-3-5-12/h1-5,10-11H,6-9H2,(H2,17,22). The fourth-order valence-corrected chi connectivity index (χ4v) is 2.53. The summed E-state index contributed by atoms with van der Waals surface area (Å²) in [6.45, 7) is 2.46. The molecular formula is C16H17N5O2. The molecule has 2 N–H and O–H groups in total. The molecule has 7 nitrogen and oxygen atoms in total. The minimum Gasteiger partial charge on any atom is -0.364 e. The number of hydrogen-bond acceptors (Lipinski definition) is 5. The van der Waals surface area contributed by atoms with Crippen LogP contribution >= 0.6 is 0 Å². The molecule has 1 aliphatic heterocycles. The van der Waals surface area contributed by atoms with E-state index in [-0.39, 0.29) is 11.6 Å². The van der Waals surface area contributed by atoms with Gasteiger partial charge in [-0.1, -0.05) is 18.2 Å². The van der Waals surface area contributed by atoms with E-state index in [0.29, 0.717) is 37.6 Å². The highest BCUT2D eigenvalue weighted by Gasteiger charge is 2.23. The fourth-order valence-electron chi connectivity index (χ4n) is 2.53. The maximum Gasteiger partial charge on any atom is 0.268 e. The highest BCUT2D eigenvalue weighted by molar-refractivity contribution is 5.94. The van der Waals surface area contributed by atoms with Gasteiger partial charge in [0.1, 0.15) is 11.5 Å². The summed E-state index contributed by atoms with van der Waals surface area (Å²) in [5.74, 6) is 0.0348. The Morgan fingerprint density at radius 2 is 1.70 bits per heavy atom. The van der Waals surface area contributed by atoms with Gasteiger partial charge in [-0.05, 0) is 12.1 Å². The smallest absolute Gasteiger partial charge is 0.268 e. The van der Waals surface area contributed by atoms with Gasteiger partial charge in [0.05, 0.1) is 12.4 Å². The lowest BCUT2D eigenvalue weighted by Crippen LogP contribution is -2.49. The average Bonchev–Trinajstić information content (AvgIpc) is 2.62. The minimum absolute atomic E-state index is 0.0298. The van der Waals surface area contributed by atoms with E-state index in [2.05, 4.69) is 9.97 Å². The van der Waals surface area contributed by atoms with E-state index in [4.69, 9.17) is 5.73 Å². The molecule has 0 radical (unpaired) electrons. The molecule has 0 spiro atoms. The maximum atomic E-state index is 12.4. The number of anilines is 1. The first kappa shape index (κ1) is 15.0. The number of carbonyl (C=O) groups excluding carboxylic acids is 2. The molecule has 7 heteroatoms. The number of aromatic nitrogens is 2. The molecule has 1 aromatic carbocycles. The first-order valence-corrected chi connectivity index (χ1v) is 7.36. The number of carbonyl (C=O) groups is 2. The van der Waals surface area contributed by atoms with Crippen LogP contribution in [-0.2, 0) is 0 Å². The number of rotatable bonds is 3. The van der Waals surface area contributed by atoms with Gasteiger partial charge < -0.3 is 15.5 Å². The van der Waals surface area contributed by atoms with Gasteiger partial charge in [0, 0.05) is 31.7 Å². The van der Waals surface area contributed by atoms with Crippen LogP contribution in [0, 0.1) is 0 Å². The predicted octanol–water partition coefficient (Wildman–Crippen LogP) is 0.538. The number of nitrogens with two attached hydrogens (primary N) is 1. The van der Waals surface area contributed by atoms with E-state index >= 15 is 0 Å². The Balaban J connectivity index is 1.66. The zero-order valence-corrected chi connectivity index (χ0v) is 12.6. The van der Waals surface area contributed by atoms with Crippen LogP contribution < -0.4 is 10.6 Å².